The Labute approximate surface area is 80.3 Å². The SMILES string of the molecule is O.O.OCC(O)C(O)C(O)C(O)CO. The van der Waals surface area contributed by atoms with Gasteiger partial charge in [0.05, 0.1) is 13.2 Å². The highest BCUT2D eigenvalue weighted by atomic mass is 16.4. The Hall–Kier alpha value is -0.320. The van der Waals surface area contributed by atoms with Crippen LogP contribution in [0, 0.1) is 0 Å². The van der Waals surface area contributed by atoms with Gasteiger partial charge in [0.15, 0.2) is 0 Å². The fourth-order valence-corrected chi connectivity index (χ4v) is 0.671. The monoisotopic (exact) mass is 218 g/mol. The molecule has 0 aromatic rings. The summed E-state index contributed by atoms with van der Waals surface area (Å²) < 4.78 is 0. The molecule has 0 saturated heterocycles. The lowest BCUT2D eigenvalue weighted by molar-refractivity contribution is -0.123. The molecular formula is C6H18O8. The highest BCUT2D eigenvalue weighted by Gasteiger charge is 2.29. The zero-order valence-corrected chi connectivity index (χ0v) is 7.41. The topological polar surface area (TPSA) is 184 Å². The molecule has 0 aliphatic rings. The first-order valence-corrected chi connectivity index (χ1v) is 3.48. The zero-order valence-electron chi connectivity index (χ0n) is 7.41. The van der Waals surface area contributed by atoms with E-state index in [-0.39, 0.29) is 11.0 Å². The van der Waals surface area contributed by atoms with E-state index in [0.29, 0.717) is 0 Å². The lowest BCUT2D eigenvalue weighted by atomic mass is 10.0. The summed E-state index contributed by atoms with van der Waals surface area (Å²) in [5.41, 5.74) is 0. The highest BCUT2D eigenvalue weighted by Crippen LogP contribution is 2.03. The Balaban J connectivity index is -0.000000605. The summed E-state index contributed by atoms with van der Waals surface area (Å²) in [5.74, 6) is 0. The third-order valence-corrected chi connectivity index (χ3v) is 1.51. The molecule has 0 bridgehead atoms. The molecule has 0 aliphatic carbocycles. The summed E-state index contributed by atoms with van der Waals surface area (Å²) in [6.07, 6.45) is -6.39. The van der Waals surface area contributed by atoms with Crippen molar-refractivity contribution >= 4 is 0 Å². The van der Waals surface area contributed by atoms with E-state index in [1.165, 1.54) is 0 Å². The molecule has 14 heavy (non-hydrogen) atoms. The summed E-state index contributed by atoms with van der Waals surface area (Å²) in [7, 11) is 0. The first-order chi connectivity index (χ1) is 5.54. The van der Waals surface area contributed by atoms with Crippen LogP contribution in [0.4, 0.5) is 0 Å². The maximum absolute atomic E-state index is 8.96. The summed E-state index contributed by atoms with van der Waals surface area (Å²) in [6.45, 7) is -1.45. The maximum Gasteiger partial charge on any atom is 0.111 e. The largest absolute Gasteiger partial charge is 0.412 e. The second-order valence-corrected chi connectivity index (χ2v) is 2.48. The molecule has 0 heterocycles. The van der Waals surface area contributed by atoms with Crippen LogP contribution >= 0.6 is 0 Å². The fourth-order valence-electron chi connectivity index (χ4n) is 0.671. The molecule has 0 aliphatic heterocycles. The molecule has 4 atom stereocenters. The molecule has 0 rings (SSSR count). The molecule has 0 aromatic carbocycles. The van der Waals surface area contributed by atoms with E-state index < -0.39 is 37.6 Å². The summed E-state index contributed by atoms with van der Waals surface area (Å²) in [6, 6.07) is 0. The van der Waals surface area contributed by atoms with E-state index in [1.807, 2.05) is 0 Å². The van der Waals surface area contributed by atoms with E-state index in [0.717, 1.165) is 0 Å². The third-order valence-electron chi connectivity index (χ3n) is 1.51. The van der Waals surface area contributed by atoms with Crippen LogP contribution in [0.15, 0.2) is 0 Å². The van der Waals surface area contributed by atoms with Crippen LogP contribution < -0.4 is 0 Å². The minimum absolute atomic E-state index is 0. The molecule has 4 unspecified atom stereocenters. The minimum atomic E-state index is -1.67. The molecule has 10 N–H and O–H groups in total. The van der Waals surface area contributed by atoms with Crippen LogP contribution in [0.3, 0.4) is 0 Å². The average Bonchev–Trinajstić information content (AvgIpc) is 2.12. The molecule has 0 spiro atoms. The van der Waals surface area contributed by atoms with Crippen molar-refractivity contribution in [2.75, 3.05) is 13.2 Å². The van der Waals surface area contributed by atoms with E-state index in [1.54, 1.807) is 0 Å². The van der Waals surface area contributed by atoms with E-state index in [2.05, 4.69) is 0 Å². The molecule has 90 valence electrons. The zero-order chi connectivity index (χ0) is 9.72. The number of hydrogen-bond donors (Lipinski definition) is 6. The Bertz CT molecular complexity index is 106. The van der Waals surface area contributed by atoms with Crippen LogP contribution in [-0.4, -0.2) is 79.2 Å². The Kier molecular flexibility index (Phi) is 12.7. The first-order valence-electron chi connectivity index (χ1n) is 3.48. The minimum Gasteiger partial charge on any atom is -0.412 e. The first kappa shape index (κ1) is 19.3. The molecule has 8 heteroatoms. The van der Waals surface area contributed by atoms with Crippen LogP contribution in [0.5, 0.6) is 0 Å². The van der Waals surface area contributed by atoms with E-state index >= 15 is 0 Å². The van der Waals surface area contributed by atoms with Crippen molar-refractivity contribution < 1.29 is 41.6 Å². The summed E-state index contributed by atoms with van der Waals surface area (Å²) in [4.78, 5) is 0. The van der Waals surface area contributed by atoms with Crippen LogP contribution in [0.2, 0.25) is 0 Å². The molecule has 8 nitrogen and oxygen atoms in total. The van der Waals surface area contributed by atoms with Crippen molar-refractivity contribution in [2.24, 2.45) is 0 Å². The Morgan fingerprint density at radius 3 is 1.00 bits per heavy atom. The van der Waals surface area contributed by atoms with Gasteiger partial charge < -0.3 is 41.6 Å². The Morgan fingerprint density at radius 1 is 0.643 bits per heavy atom. The van der Waals surface area contributed by atoms with Gasteiger partial charge in [-0.3, -0.25) is 0 Å². The summed E-state index contributed by atoms with van der Waals surface area (Å²) in [5, 5.41) is 52.2. The van der Waals surface area contributed by atoms with Crippen molar-refractivity contribution in [3.8, 4) is 0 Å². The fraction of sp³-hybridized carbons (Fsp3) is 1.00. The van der Waals surface area contributed by atoms with Crippen LogP contribution in [-0.2, 0) is 0 Å². The predicted molar refractivity (Wildman–Crippen MR) is 45.4 cm³/mol. The average molecular weight is 218 g/mol. The highest BCUT2D eigenvalue weighted by molar-refractivity contribution is 4.79. The molecule has 0 saturated carbocycles. The van der Waals surface area contributed by atoms with Gasteiger partial charge in [-0.05, 0) is 0 Å². The molecule has 0 aromatic heterocycles. The Morgan fingerprint density at radius 2 is 0.857 bits per heavy atom. The van der Waals surface area contributed by atoms with Gasteiger partial charge in [-0.2, -0.15) is 0 Å². The van der Waals surface area contributed by atoms with Crippen LogP contribution in [0.25, 0.3) is 0 Å². The van der Waals surface area contributed by atoms with E-state index in [9.17, 15) is 0 Å². The van der Waals surface area contributed by atoms with Gasteiger partial charge in [0.2, 0.25) is 0 Å². The van der Waals surface area contributed by atoms with Gasteiger partial charge in [-0.25, -0.2) is 0 Å². The standard InChI is InChI=1S/C6H14O6.2H2O/c7-1-3(9)5(11)6(12)4(10)2-8;;/h3-12H,1-2H2;2*1H2. The number of aliphatic hydroxyl groups is 6. The number of aliphatic hydroxyl groups excluding tert-OH is 6. The quantitative estimate of drug-likeness (QED) is 0.267. The van der Waals surface area contributed by atoms with Gasteiger partial charge in [-0.15, -0.1) is 0 Å². The second kappa shape index (κ2) is 9.24. The lowest BCUT2D eigenvalue weighted by Gasteiger charge is -2.24. The smallest absolute Gasteiger partial charge is 0.111 e. The summed E-state index contributed by atoms with van der Waals surface area (Å²) >= 11 is 0. The van der Waals surface area contributed by atoms with Gasteiger partial charge in [-0.1, -0.05) is 0 Å². The lowest BCUT2D eigenvalue weighted by Crippen LogP contribution is -2.46. The third kappa shape index (κ3) is 5.42. The molecular weight excluding hydrogens is 200 g/mol. The van der Waals surface area contributed by atoms with Crippen LogP contribution in [0.1, 0.15) is 0 Å². The van der Waals surface area contributed by atoms with Crippen molar-refractivity contribution in [1.82, 2.24) is 0 Å². The van der Waals surface area contributed by atoms with Gasteiger partial charge in [0.1, 0.15) is 24.4 Å². The van der Waals surface area contributed by atoms with Crippen molar-refractivity contribution in [3.05, 3.63) is 0 Å². The predicted octanol–water partition coefficient (Wildman–Crippen LogP) is -5.23. The normalized spacial score (nSPS) is 18.4. The number of hydrogen-bond acceptors (Lipinski definition) is 6. The van der Waals surface area contributed by atoms with Crippen molar-refractivity contribution in [3.63, 3.8) is 0 Å². The molecule has 0 radical (unpaired) electrons. The van der Waals surface area contributed by atoms with Crippen molar-refractivity contribution in [2.45, 2.75) is 24.4 Å². The maximum atomic E-state index is 8.96. The second-order valence-electron chi connectivity index (χ2n) is 2.48. The molecule has 0 fully saturated rings. The van der Waals surface area contributed by atoms with Gasteiger partial charge in [0.25, 0.3) is 0 Å². The van der Waals surface area contributed by atoms with E-state index in [4.69, 9.17) is 30.6 Å². The van der Waals surface area contributed by atoms with Crippen molar-refractivity contribution in [1.29, 1.82) is 0 Å². The number of rotatable bonds is 5. The molecule has 0 amide bonds. The van der Waals surface area contributed by atoms with Gasteiger partial charge >= 0.3 is 0 Å². The van der Waals surface area contributed by atoms with Gasteiger partial charge in [0, 0.05) is 0 Å².